The van der Waals surface area contributed by atoms with Gasteiger partial charge in [0.2, 0.25) is 0 Å². The number of nitrogens with zero attached hydrogens (tertiary/aromatic N) is 2. The van der Waals surface area contributed by atoms with Gasteiger partial charge >= 0.3 is 0 Å². The van der Waals surface area contributed by atoms with Crippen LogP contribution in [0.4, 0.5) is 5.69 Å². The average Bonchev–Trinajstić information content (AvgIpc) is 3.61. The average molecular weight is 437 g/mol. The normalized spacial score (nSPS) is 16.6. The Kier molecular flexibility index (Phi) is 5.04. The molecule has 7 heteroatoms. The molecule has 1 amide bonds. The van der Waals surface area contributed by atoms with Crippen molar-refractivity contribution in [1.82, 2.24) is 4.57 Å². The fraction of sp³-hybridized carbons (Fsp3) is 0.250. The Bertz CT molecular complexity index is 1200. The molecule has 0 radical (unpaired) electrons. The molecule has 0 spiro atoms. The van der Waals surface area contributed by atoms with E-state index in [2.05, 4.69) is 0 Å². The number of rotatable bonds is 5. The van der Waals surface area contributed by atoms with Crippen molar-refractivity contribution in [2.45, 2.75) is 25.5 Å². The Morgan fingerprint density at radius 2 is 1.77 bits per heavy atom. The maximum atomic E-state index is 13.1. The van der Waals surface area contributed by atoms with Crippen LogP contribution in [0.5, 0.6) is 5.75 Å². The third-order valence-corrected chi connectivity index (χ3v) is 6.08. The van der Waals surface area contributed by atoms with Gasteiger partial charge in [-0.05, 0) is 60.2 Å². The Balaban J connectivity index is 1.37. The molecular weight excluding hydrogens is 416 g/mol. The first-order valence-electron chi connectivity index (χ1n) is 10.2. The molecule has 158 valence electrons. The SMILES string of the molecule is O=C1c2ccc(-c3ccc(Cl)cc3)cc2OCN1c1ccn(CC(O)C2CC2)c(=O)c1. The molecule has 1 aliphatic heterocycles. The number of hydrogen-bond acceptors (Lipinski definition) is 4. The highest BCUT2D eigenvalue weighted by atomic mass is 35.5. The van der Waals surface area contributed by atoms with Crippen LogP contribution in [0.15, 0.2) is 65.6 Å². The van der Waals surface area contributed by atoms with Gasteiger partial charge < -0.3 is 14.4 Å². The quantitative estimate of drug-likeness (QED) is 0.657. The number of pyridine rings is 1. The second kappa shape index (κ2) is 7.87. The first-order valence-corrected chi connectivity index (χ1v) is 10.6. The van der Waals surface area contributed by atoms with E-state index in [0.717, 1.165) is 24.0 Å². The highest BCUT2D eigenvalue weighted by molar-refractivity contribution is 6.30. The summed E-state index contributed by atoms with van der Waals surface area (Å²) >= 11 is 5.96. The number of benzene rings is 2. The number of ether oxygens (including phenoxy) is 1. The Morgan fingerprint density at radius 3 is 2.48 bits per heavy atom. The lowest BCUT2D eigenvalue weighted by atomic mass is 10.0. The standard InChI is InChI=1S/C24H21ClN2O4/c25-18-6-3-15(4-7-18)17-5-8-20-22(11-17)31-14-27(24(20)30)19-9-10-26(23(29)12-19)13-21(28)16-1-2-16/h3-12,16,21,28H,1-2,13-14H2. The highest BCUT2D eigenvalue weighted by Gasteiger charge is 2.30. The lowest BCUT2D eigenvalue weighted by Crippen LogP contribution is -2.39. The predicted molar refractivity (Wildman–Crippen MR) is 119 cm³/mol. The maximum Gasteiger partial charge on any atom is 0.264 e. The van der Waals surface area contributed by atoms with E-state index in [-0.39, 0.29) is 30.7 Å². The number of carbonyl (C=O) groups excluding carboxylic acids is 1. The summed E-state index contributed by atoms with van der Waals surface area (Å²) in [5.74, 6) is 0.576. The third-order valence-electron chi connectivity index (χ3n) is 5.83. The van der Waals surface area contributed by atoms with E-state index in [1.807, 2.05) is 36.4 Å². The minimum Gasteiger partial charge on any atom is -0.472 e. The summed E-state index contributed by atoms with van der Waals surface area (Å²) in [6, 6.07) is 16.0. The molecule has 2 aromatic carbocycles. The second-order valence-electron chi connectivity index (χ2n) is 8.00. The van der Waals surface area contributed by atoms with Crippen LogP contribution in [0.25, 0.3) is 11.1 Å². The number of aromatic nitrogens is 1. The number of fused-ring (bicyclic) bond motifs is 1. The van der Waals surface area contributed by atoms with E-state index >= 15 is 0 Å². The maximum absolute atomic E-state index is 13.1. The number of anilines is 1. The lowest BCUT2D eigenvalue weighted by molar-refractivity contribution is 0.0937. The zero-order valence-corrected chi connectivity index (χ0v) is 17.5. The van der Waals surface area contributed by atoms with Crippen LogP contribution in [0, 0.1) is 5.92 Å². The molecule has 1 saturated carbocycles. The zero-order chi connectivity index (χ0) is 21.5. The minimum atomic E-state index is -0.509. The van der Waals surface area contributed by atoms with Crippen molar-refractivity contribution in [3.05, 3.63) is 81.7 Å². The van der Waals surface area contributed by atoms with Crippen molar-refractivity contribution >= 4 is 23.2 Å². The van der Waals surface area contributed by atoms with Gasteiger partial charge in [-0.2, -0.15) is 0 Å². The Labute approximate surface area is 184 Å². The first kappa shape index (κ1) is 19.8. The molecule has 5 rings (SSSR count). The zero-order valence-electron chi connectivity index (χ0n) is 16.7. The largest absolute Gasteiger partial charge is 0.472 e. The molecular formula is C24H21ClN2O4. The second-order valence-corrected chi connectivity index (χ2v) is 8.44. The molecule has 1 N–H and O–H groups in total. The molecule has 6 nitrogen and oxygen atoms in total. The smallest absolute Gasteiger partial charge is 0.264 e. The van der Waals surface area contributed by atoms with Crippen LogP contribution in [-0.2, 0) is 6.54 Å². The summed E-state index contributed by atoms with van der Waals surface area (Å²) in [6.45, 7) is 0.286. The molecule has 3 aromatic rings. The van der Waals surface area contributed by atoms with Crippen molar-refractivity contribution in [3.8, 4) is 16.9 Å². The van der Waals surface area contributed by atoms with E-state index < -0.39 is 6.10 Å². The van der Waals surface area contributed by atoms with Crippen LogP contribution >= 0.6 is 11.6 Å². The number of aliphatic hydroxyl groups is 1. The molecule has 1 atom stereocenters. The molecule has 31 heavy (non-hydrogen) atoms. The van der Waals surface area contributed by atoms with E-state index in [4.69, 9.17) is 16.3 Å². The summed E-state index contributed by atoms with van der Waals surface area (Å²) in [4.78, 5) is 27.0. The summed E-state index contributed by atoms with van der Waals surface area (Å²) in [5, 5.41) is 10.8. The van der Waals surface area contributed by atoms with Gasteiger partial charge in [0, 0.05) is 17.3 Å². The van der Waals surface area contributed by atoms with Gasteiger partial charge in [-0.3, -0.25) is 14.5 Å². The molecule has 1 aromatic heterocycles. The van der Waals surface area contributed by atoms with E-state index in [1.54, 1.807) is 18.3 Å². The summed E-state index contributed by atoms with van der Waals surface area (Å²) in [5.41, 5.74) is 2.56. The van der Waals surface area contributed by atoms with Crippen molar-refractivity contribution in [3.63, 3.8) is 0 Å². The molecule has 0 bridgehead atoms. The van der Waals surface area contributed by atoms with Gasteiger partial charge in [-0.15, -0.1) is 0 Å². The molecule has 0 saturated heterocycles. The number of amides is 1. The van der Waals surface area contributed by atoms with E-state index in [1.165, 1.54) is 15.5 Å². The lowest BCUT2D eigenvalue weighted by Gasteiger charge is -2.29. The summed E-state index contributed by atoms with van der Waals surface area (Å²) in [7, 11) is 0. The Hall–Kier alpha value is -3.09. The van der Waals surface area contributed by atoms with Gasteiger partial charge in [0.05, 0.1) is 23.9 Å². The number of halogens is 1. The summed E-state index contributed by atoms with van der Waals surface area (Å²) in [6.07, 6.45) is 3.13. The van der Waals surface area contributed by atoms with Crippen molar-refractivity contribution < 1.29 is 14.6 Å². The molecule has 1 aliphatic carbocycles. The summed E-state index contributed by atoms with van der Waals surface area (Å²) < 4.78 is 7.33. The molecule has 2 aliphatic rings. The highest BCUT2D eigenvalue weighted by Crippen LogP contribution is 2.34. The topological polar surface area (TPSA) is 71.8 Å². The van der Waals surface area contributed by atoms with Crippen molar-refractivity contribution in [2.75, 3.05) is 11.6 Å². The van der Waals surface area contributed by atoms with Gasteiger partial charge in [0.25, 0.3) is 11.5 Å². The van der Waals surface area contributed by atoms with Crippen LogP contribution in [0.2, 0.25) is 5.02 Å². The number of carbonyl (C=O) groups is 1. The van der Waals surface area contributed by atoms with Crippen LogP contribution in [-0.4, -0.2) is 28.4 Å². The van der Waals surface area contributed by atoms with Gasteiger partial charge in [-0.1, -0.05) is 29.8 Å². The fourth-order valence-corrected chi connectivity index (χ4v) is 3.94. The minimum absolute atomic E-state index is 0.0179. The van der Waals surface area contributed by atoms with E-state index in [0.29, 0.717) is 22.0 Å². The molecule has 1 fully saturated rings. The fourth-order valence-electron chi connectivity index (χ4n) is 3.82. The third kappa shape index (κ3) is 3.96. The monoisotopic (exact) mass is 436 g/mol. The predicted octanol–water partition coefficient (Wildman–Crippen LogP) is 3.94. The van der Waals surface area contributed by atoms with Crippen LogP contribution in [0.3, 0.4) is 0 Å². The van der Waals surface area contributed by atoms with Crippen molar-refractivity contribution in [2.24, 2.45) is 5.92 Å². The van der Waals surface area contributed by atoms with Crippen molar-refractivity contribution in [1.29, 1.82) is 0 Å². The first-order chi connectivity index (χ1) is 15.0. The van der Waals surface area contributed by atoms with Gasteiger partial charge in [0.1, 0.15) is 5.75 Å². The Morgan fingerprint density at radius 1 is 1.03 bits per heavy atom. The van der Waals surface area contributed by atoms with Gasteiger partial charge in [-0.25, -0.2) is 0 Å². The van der Waals surface area contributed by atoms with Crippen LogP contribution in [0.1, 0.15) is 23.2 Å². The number of hydrogen-bond donors (Lipinski definition) is 1. The van der Waals surface area contributed by atoms with Gasteiger partial charge in [0.15, 0.2) is 6.73 Å². The molecule has 2 heterocycles. The van der Waals surface area contributed by atoms with Crippen LogP contribution < -0.4 is 15.2 Å². The number of aliphatic hydroxyl groups excluding tert-OH is 1. The van der Waals surface area contributed by atoms with E-state index in [9.17, 15) is 14.7 Å². The molecule has 1 unspecified atom stereocenters.